The lowest BCUT2D eigenvalue weighted by atomic mass is 9.88. The largest absolute Gasteiger partial charge is 0.465 e. The molecule has 1 aliphatic rings. The second-order valence-corrected chi connectivity index (χ2v) is 9.21. The number of piperazine rings is 1. The number of hydrogen-bond donors (Lipinski definition) is 2. The summed E-state index contributed by atoms with van der Waals surface area (Å²) in [7, 11) is 0. The van der Waals surface area contributed by atoms with Gasteiger partial charge in [0.2, 0.25) is 5.91 Å². The molecule has 1 aliphatic heterocycles. The number of nitrogens with one attached hydrogen (secondary N) is 1. The van der Waals surface area contributed by atoms with Gasteiger partial charge < -0.3 is 20.2 Å². The maximum atomic E-state index is 12.7. The van der Waals surface area contributed by atoms with Gasteiger partial charge in [-0.3, -0.25) is 4.79 Å². The molecule has 7 nitrogen and oxygen atoms in total. The summed E-state index contributed by atoms with van der Waals surface area (Å²) in [5.41, 5.74) is 4.12. The summed E-state index contributed by atoms with van der Waals surface area (Å²) in [5, 5.41) is 21.0. The Hall–Kier alpha value is -3.53. The van der Waals surface area contributed by atoms with Crippen molar-refractivity contribution in [2.45, 2.75) is 45.6 Å². The molecule has 0 saturated carbocycles. The molecule has 1 fully saturated rings. The Kier molecular flexibility index (Phi) is 8.53. The molecule has 0 aliphatic carbocycles. The van der Waals surface area contributed by atoms with Gasteiger partial charge in [-0.25, -0.2) is 4.79 Å². The van der Waals surface area contributed by atoms with Gasteiger partial charge in [-0.1, -0.05) is 57.2 Å². The van der Waals surface area contributed by atoms with E-state index in [0.29, 0.717) is 32.0 Å². The highest BCUT2D eigenvalue weighted by atomic mass is 16.4. The van der Waals surface area contributed by atoms with Gasteiger partial charge in [0.25, 0.3) is 0 Å². The Morgan fingerprint density at radius 1 is 1.15 bits per heavy atom. The van der Waals surface area contributed by atoms with Crippen molar-refractivity contribution in [3.8, 4) is 17.2 Å². The van der Waals surface area contributed by atoms with Crippen LogP contribution in [-0.2, 0) is 4.79 Å². The van der Waals surface area contributed by atoms with E-state index in [9.17, 15) is 14.7 Å². The van der Waals surface area contributed by atoms with E-state index in [1.165, 1.54) is 4.90 Å². The smallest absolute Gasteiger partial charge is 0.407 e. The first-order chi connectivity index (χ1) is 16.3. The predicted molar refractivity (Wildman–Crippen MR) is 134 cm³/mol. The maximum absolute atomic E-state index is 12.7. The quantitative estimate of drug-likeness (QED) is 0.554. The van der Waals surface area contributed by atoms with Crippen LogP contribution in [-0.4, -0.2) is 54.2 Å². The number of nitrogens with zero attached hydrogens (tertiary/aromatic N) is 3. The molecular formula is C27H34N4O3. The molecule has 2 aromatic rings. The van der Waals surface area contributed by atoms with Gasteiger partial charge in [0.05, 0.1) is 18.0 Å². The summed E-state index contributed by atoms with van der Waals surface area (Å²) in [5.74, 6) is -0.0767. The van der Waals surface area contributed by atoms with Crippen molar-refractivity contribution in [1.82, 2.24) is 10.2 Å². The van der Waals surface area contributed by atoms with Crippen LogP contribution >= 0.6 is 0 Å². The first-order valence-electron chi connectivity index (χ1n) is 11.9. The third kappa shape index (κ3) is 6.07. The van der Waals surface area contributed by atoms with Crippen LogP contribution in [0.5, 0.6) is 0 Å². The summed E-state index contributed by atoms with van der Waals surface area (Å²) in [4.78, 5) is 28.0. The number of anilines is 1. The molecule has 0 spiro atoms. The third-order valence-electron chi connectivity index (χ3n) is 6.42. The number of benzene rings is 2. The topological polar surface area (TPSA) is 96.7 Å². The molecule has 3 rings (SSSR count). The monoisotopic (exact) mass is 462 g/mol. The van der Waals surface area contributed by atoms with E-state index in [0.717, 1.165) is 28.8 Å². The summed E-state index contributed by atoms with van der Waals surface area (Å²) < 4.78 is 0. The van der Waals surface area contributed by atoms with Gasteiger partial charge in [0.1, 0.15) is 6.54 Å². The third-order valence-corrected chi connectivity index (χ3v) is 6.42. The van der Waals surface area contributed by atoms with Gasteiger partial charge in [0.15, 0.2) is 0 Å². The van der Waals surface area contributed by atoms with E-state index in [2.05, 4.69) is 54.4 Å². The van der Waals surface area contributed by atoms with E-state index in [4.69, 9.17) is 5.26 Å². The lowest BCUT2D eigenvalue weighted by Gasteiger charge is -2.40. The summed E-state index contributed by atoms with van der Waals surface area (Å²) in [6.45, 7) is 8.07. The fourth-order valence-electron chi connectivity index (χ4n) is 4.61. The van der Waals surface area contributed by atoms with Crippen molar-refractivity contribution in [3.05, 3.63) is 54.1 Å². The molecule has 180 valence electrons. The Morgan fingerprint density at radius 2 is 1.88 bits per heavy atom. The molecule has 2 unspecified atom stereocenters. The maximum Gasteiger partial charge on any atom is 0.407 e. The van der Waals surface area contributed by atoms with Crippen LogP contribution in [0.2, 0.25) is 0 Å². The van der Waals surface area contributed by atoms with Crippen molar-refractivity contribution in [2.24, 2.45) is 5.92 Å². The van der Waals surface area contributed by atoms with Gasteiger partial charge in [-0.05, 0) is 47.6 Å². The Morgan fingerprint density at radius 3 is 2.50 bits per heavy atom. The Balaban J connectivity index is 1.78. The lowest BCUT2D eigenvalue weighted by Crippen LogP contribution is -2.54. The van der Waals surface area contributed by atoms with Gasteiger partial charge in [0, 0.05) is 25.3 Å². The minimum Gasteiger partial charge on any atom is -0.465 e. The number of rotatable bonds is 8. The van der Waals surface area contributed by atoms with Crippen LogP contribution in [0, 0.1) is 17.2 Å². The van der Waals surface area contributed by atoms with Crippen molar-refractivity contribution in [3.63, 3.8) is 0 Å². The minimum absolute atomic E-state index is 0.00678. The molecule has 2 aromatic carbocycles. The summed E-state index contributed by atoms with van der Waals surface area (Å²) in [6.07, 6.45) is 0.645. The molecule has 0 aromatic heterocycles. The summed E-state index contributed by atoms with van der Waals surface area (Å²) >= 11 is 0. The SMILES string of the molecule is CCC1CN(c2ccc(-c3cccc(C(CC(C)C)C(=O)NCC#N)c3)cc2)CCN1C(=O)O. The van der Waals surface area contributed by atoms with Gasteiger partial charge in [-0.2, -0.15) is 5.26 Å². The molecule has 0 bridgehead atoms. The highest BCUT2D eigenvalue weighted by Crippen LogP contribution is 2.30. The van der Waals surface area contributed by atoms with E-state index in [-0.39, 0.29) is 24.4 Å². The second-order valence-electron chi connectivity index (χ2n) is 9.21. The van der Waals surface area contributed by atoms with E-state index in [1.54, 1.807) is 0 Å². The lowest BCUT2D eigenvalue weighted by molar-refractivity contribution is -0.122. The number of nitriles is 1. The van der Waals surface area contributed by atoms with Crippen molar-refractivity contribution < 1.29 is 14.7 Å². The van der Waals surface area contributed by atoms with Crippen LogP contribution in [0.1, 0.15) is 45.1 Å². The molecule has 7 heteroatoms. The predicted octanol–water partition coefficient (Wildman–Crippen LogP) is 4.70. The zero-order valence-corrected chi connectivity index (χ0v) is 20.2. The fraction of sp³-hybridized carbons (Fsp3) is 0.444. The fourth-order valence-corrected chi connectivity index (χ4v) is 4.61. The summed E-state index contributed by atoms with van der Waals surface area (Å²) in [6, 6.07) is 18.3. The standard InChI is InChI=1S/C27H34N4O3/c1-4-23-18-30(14-15-31(23)27(33)34)24-10-8-20(9-11-24)21-6-5-7-22(17-21)25(16-19(2)3)26(32)29-13-12-28/h5-11,17,19,23,25H,4,13-16,18H2,1-3H3,(H,29,32)(H,33,34). The highest BCUT2D eigenvalue weighted by Gasteiger charge is 2.29. The van der Waals surface area contributed by atoms with Crippen molar-refractivity contribution >= 4 is 17.7 Å². The Bertz CT molecular complexity index is 1030. The number of carbonyl (C=O) groups excluding carboxylic acids is 1. The zero-order chi connectivity index (χ0) is 24.7. The van der Waals surface area contributed by atoms with E-state index >= 15 is 0 Å². The number of carboxylic acid groups (broad SMARTS) is 1. The molecule has 2 amide bonds. The average molecular weight is 463 g/mol. The van der Waals surface area contributed by atoms with Gasteiger partial charge in [-0.15, -0.1) is 0 Å². The van der Waals surface area contributed by atoms with E-state index < -0.39 is 6.09 Å². The average Bonchev–Trinajstić information content (AvgIpc) is 2.85. The molecule has 0 radical (unpaired) electrons. The highest BCUT2D eigenvalue weighted by molar-refractivity contribution is 5.84. The zero-order valence-electron chi connectivity index (χ0n) is 20.2. The number of hydrogen-bond acceptors (Lipinski definition) is 4. The first-order valence-corrected chi connectivity index (χ1v) is 11.9. The number of amides is 2. The molecular weight excluding hydrogens is 428 g/mol. The van der Waals surface area contributed by atoms with Crippen LogP contribution in [0.15, 0.2) is 48.5 Å². The van der Waals surface area contributed by atoms with Crippen LogP contribution in [0.25, 0.3) is 11.1 Å². The molecule has 2 N–H and O–H groups in total. The first kappa shape index (κ1) is 25.1. The molecule has 34 heavy (non-hydrogen) atoms. The molecule has 1 heterocycles. The second kappa shape index (κ2) is 11.6. The molecule has 1 saturated heterocycles. The van der Waals surface area contributed by atoms with Crippen molar-refractivity contribution in [2.75, 3.05) is 31.1 Å². The minimum atomic E-state index is -0.848. The molecule has 2 atom stereocenters. The normalized spacial score (nSPS) is 16.7. The van der Waals surface area contributed by atoms with Gasteiger partial charge >= 0.3 is 6.09 Å². The van der Waals surface area contributed by atoms with E-state index in [1.807, 2.05) is 31.2 Å². The van der Waals surface area contributed by atoms with Crippen LogP contribution in [0.4, 0.5) is 10.5 Å². The number of carbonyl (C=O) groups is 2. The Labute approximate surface area is 202 Å². The van der Waals surface area contributed by atoms with Crippen molar-refractivity contribution in [1.29, 1.82) is 5.26 Å². The van der Waals surface area contributed by atoms with Crippen LogP contribution < -0.4 is 10.2 Å². The van der Waals surface area contributed by atoms with Crippen LogP contribution in [0.3, 0.4) is 0 Å².